The minimum Gasteiger partial charge on any atom is -0.542 e. The van der Waals surface area contributed by atoms with Gasteiger partial charge < -0.3 is 19.5 Å². The molecule has 21 heavy (non-hydrogen) atoms. The molecule has 0 saturated carbocycles. The van der Waals surface area contributed by atoms with Crippen LogP contribution in [-0.4, -0.2) is 74.4 Å². The van der Waals surface area contributed by atoms with Crippen LogP contribution in [0.1, 0.15) is 6.92 Å². The number of carbonyl (C=O) groups excluding carboxylic acids is 2. The molecule has 4 atom stereocenters. The highest BCUT2D eigenvalue weighted by Crippen LogP contribution is 2.48. The second kappa shape index (κ2) is 4.99. The van der Waals surface area contributed by atoms with Crippen LogP contribution in [0.4, 0.5) is 0 Å². The Hall–Kier alpha value is -1.62. The summed E-state index contributed by atoms with van der Waals surface area (Å²) in [6.45, 7) is 0.577. The molecule has 2 rings (SSSR count). The number of hydrogen-bond donors (Lipinski definition) is 1. The zero-order valence-electron chi connectivity index (χ0n) is 11.3. The first-order valence-corrected chi connectivity index (χ1v) is 7.47. The van der Waals surface area contributed by atoms with Crippen molar-refractivity contribution < 1.29 is 32.6 Å². The van der Waals surface area contributed by atoms with Gasteiger partial charge in [0.1, 0.15) is 17.2 Å². The van der Waals surface area contributed by atoms with E-state index in [9.17, 15) is 18.0 Å². The van der Waals surface area contributed by atoms with Crippen molar-refractivity contribution in [3.63, 3.8) is 0 Å². The maximum Gasteiger partial charge on any atom is 0.378 e. The smallest absolute Gasteiger partial charge is 0.378 e. The topological polar surface area (TPSA) is 123 Å². The van der Waals surface area contributed by atoms with Crippen LogP contribution in [0.25, 0.3) is 0 Å². The Morgan fingerprint density at radius 2 is 2.24 bits per heavy atom. The van der Waals surface area contributed by atoms with E-state index < -0.39 is 50.4 Å². The number of sulfone groups is 1. The number of oxime groups is 1. The van der Waals surface area contributed by atoms with Gasteiger partial charge in [0.2, 0.25) is 5.91 Å². The minimum atomic E-state index is -4.04. The Balaban J connectivity index is 2.59. The molecule has 0 aliphatic carbocycles. The van der Waals surface area contributed by atoms with E-state index in [1.807, 2.05) is 0 Å². The highest BCUT2D eigenvalue weighted by Gasteiger charge is 2.73. The van der Waals surface area contributed by atoms with Crippen molar-refractivity contribution in [2.75, 3.05) is 13.7 Å². The van der Waals surface area contributed by atoms with Crippen LogP contribution in [0.3, 0.4) is 0 Å². The third-order valence-corrected chi connectivity index (χ3v) is 6.64. The summed E-state index contributed by atoms with van der Waals surface area (Å²) >= 11 is 0. The molecule has 1 N–H and O–H groups in total. The fourth-order valence-electron chi connectivity index (χ4n) is 2.76. The third-order valence-electron chi connectivity index (χ3n) is 3.89. The molecular weight excluding hydrogens is 303 g/mol. The second-order valence-electron chi connectivity index (χ2n) is 4.91. The molecule has 2 aliphatic heterocycles. The lowest BCUT2D eigenvalue weighted by Gasteiger charge is -2.42. The standard InChI is InChI=1S/C10H13BN2O7S/c1-10(4-12-19-2)6(9(16)20-11)13-7(15)5(3-14)8(13)21(10,17)18/h4-6,8,14H,3H2,1-2H3/b12-4+/t5-,6?,8?,10+/m1/s1. The molecule has 11 heteroatoms. The number of aliphatic hydroxyl groups is 1. The van der Waals surface area contributed by atoms with E-state index in [4.69, 9.17) is 13.2 Å². The van der Waals surface area contributed by atoms with Gasteiger partial charge in [-0.25, -0.2) is 8.42 Å². The van der Waals surface area contributed by atoms with E-state index in [2.05, 4.69) is 14.6 Å². The Bertz CT molecular complexity index is 607. The lowest BCUT2D eigenvalue weighted by atomic mass is 9.92. The summed E-state index contributed by atoms with van der Waals surface area (Å²) in [4.78, 5) is 29.1. The number of aliphatic hydroxyl groups excluding tert-OH is 1. The Morgan fingerprint density at radius 3 is 2.71 bits per heavy atom. The highest BCUT2D eigenvalue weighted by atomic mass is 32.2. The molecule has 0 aromatic heterocycles. The fraction of sp³-hybridized carbons (Fsp3) is 0.700. The van der Waals surface area contributed by atoms with Gasteiger partial charge >= 0.3 is 14.0 Å². The molecule has 2 heterocycles. The van der Waals surface area contributed by atoms with Crippen molar-refractivity contribution in [3.05, 3.63) is 0 Å². The van der Waals surface area contributed by atoms with Gasteiger partial charge in [0, 0.05) is 0 Å². The molecule has 2 saturated heterocycles. The predicted molar refractivity (Wildman–Crippen MR) is 69.7 cm³/mol. The Morgan fingerprint density at radius 1 is 1.62 bits per heavy atom. The van der Waals surface area contributed by atoms with Crippen LogP contribution in [0.15, 0.2) is 5.16 Å². The number of amides is 1. The molecule has 1 amide bonds. The Kier molecular flexibility index (Phi) is 3.74. The summed E-state index contributed by atoms with van der Waals surface area (Å²) in [5.41, 5.74) is 0. The van der Waals surface area contributed by atoms with Gasteiger partial charge in [-0.15, -0.1) is 0 Å². The van der Waals surface area contributed by atoms with Gasteiger partial charge in [-0.1, -0.05) is 5.16 Å². The molecule has 2 fully saturated rings. The quantitative estimate of drug-likeness (QED) is 0.265. The van der Waals surface area contributed by atoms with Crippen molar-refractivity contribution in [1.29, 1.82) is 0 Å². The van der Waals surface area contributed by atoms with Crippen molar-refractivity contribution in [3.8, 4) is 0 Å². The summed E-state index contributed by atoms with van der Waals surface area (Å²) in [7, 11) is 1.99. The number of hydrogen-bond acceptors (Lipinski definition) is 8. The van der Waals surface area contributed by atoms with Gasteiger partial charge in [0.05, 0.1) is 18.7 Å². The largest absolute Gasteiger partial charge is 0.542 e. The average Bonchev–Trinajstić information content (AvgIpc) is 2.60. The summed E-state index contributed by atoms with van der Waals surface area (Å²) in [5.74, 6) is -2.85. The van der Waals surface area contributed by atoms with E-state index in [-0.39, 0.29) is 0 Å². The van der Waals surface area contributed by atoms with Gasteiger partial charge in [-0.05, 0) is 6.92 Å². The number of carbonyl (C=O) groups is 2. The van der Waals surface area contributed by atoms with Crippen LogP contribution in [0, 0.1) is 5.92 Å². The summed E-state index contributed by atoms with van der Waals surface area (Å²) in [6, 6.07) is -1.48. The fourth-order valence-corrected chi connectivity index (χ4v) is 5.16. The lowest BCUT2D eigenvalue weighted by molar-refractivity contribution is -0.163. The van der Waals surface area contributed by atoms with Crippen LogP contribution in [0.2, 0.25) is 0 Å². The zero-order valence-corrected chi connectivity index (χ0v) is 12.1. The van der Waals surface area contributed by atoms with E-state index in [0.29, 0.717) is 0 Å². The second-order valence-corrected chi connectivity index (χ2v) is 7.36. The Labute approximate surface area is 122 Å². The van der Waals surface area contributed by atoms with Crippen LogP contribution >= 0.6 is 0 Å². The van der Waals surface area contributed by atoms with Crippen molar-refractivity contribution in [1.82, 2.24) is 4.90 Å². The first-order chi connectivity index (χ1) is 9.77. The van der Waals surface area contributed by atoms with Crippen LogP contribution < -0.4 is 0 Å². The highest BCUT2D eigenvalue weighted by molar-refractivity contribution is 7.94. The van der Waals surface area contributed by atoms with E-state index in [1.165, 1.54) is 14.0 Å². The summed E-state index contributed by atoms with van der Waals surface area (Å²) < 4.78 is 27.5. The zero-order chi connectivity index (χ0) is 16.0. The predicted octanol–water partition coefficient (Wildman–Crippen LogP) is -2.42. The summed E-state index contributed by atoms with van der Waals surface area (Å²) in [6.07, 6.45) is 0.921. The molecule has 2 unspecified atom stereocenters. The molecule has 0 aromatic carbocycles. The van der Waals surface area contributed by atoms with Gasteiger partial charge in [-0.3, -0.25) is 9.59 Å². The number of nitrogens with zero attached hydrogens (tertiary/aromatic N) is 2. The van der Waals surface area contributed by atoms with E-state index in [0.717, 1.165) is 11.1 Å². The number of rotatable bonds is 4. The van der Waals surface area contributed by atoms with Crippen LogP contribution in [-0.2, 0) is 28.9 Å². The first-order valence-electron chi connectivity index (χ1n) is 5.92. The average molecular weight is 316 g/mol. The molecule has 2 radical (unpaired) electrons. The minimum absolute atomic E-state index is 0.638. The lowest BCUT2D eigenvalue weighted by Crippen LogP contribution is -2.64. The van der Waals surface area contributed by atoms with Crippen LogP contribution in [0.5, 0.6) is 0 Å². The normalized spacial score (nSPS) is 37.2. The third kappa shape index (κ3) is 1.80. The first kappa shape index (κ1) is 15.8. The molecule has 2 aliphatic rings. The summed E-state index contributed by atoms with van der Waals surface area (Å²) in [5, 5.41) is 11.2. The van der Waals surface area contributed by atoms with Crippen molar-refractivity contribution in [2.45, 2.75) is 23.1 Å². The van der Waals surface area contributed by atoms with Crippen molar-refractivity contribution >= 4 is 36.0 Å². The van der Waals surface area contributed by atoms with Crippen molar-refractivity contribution in [2.24, 2.45) is 11.1 Å². The molecule has 0 spiro atoms. The monoisotopic (exact) mass is 316 g/mol. The van der Waals surface area contributed by atoms with Gasteiger partial charge in [0.25, 0.3) is 0 Å². The molecule has 9 nitrogen and oxygen atoms in total. The van der Waals surface area contributed by atoms with E-state index >= 15 is 0 Å². The van der Waals surface area contributed by atoms with Gasteiger partial charge in [-0.2, -0.15) is 0 Å². The molecule has 0 bridgehead atoms. The number of β-lactam (4-membered cyclic amide) rings is 1. The molecule has 114 valence electrons. The SMILES string of the molecule is [B]OC(=O)C1N2C(=O)[C@@H](CO)C2S(=O)(=O)[C@@]1(C)/C=N/OC. The number of fused-ring (bicyclic) bond motifs is 1. The maximum atomic E-state index is 12.6. The molecule has 0 aromatic rings. The van der Waals surface area contributed by atoms with E-state index in [1.54, 1.807) is 0 Å². The molecular formula is C10H13BN2O7S. The maximum absolute atomic E-state index is 12.6. The van der Waals surface area contributed by atoms with Gasteiger partial charge in [0.15, 0.2) is 15.9 Å².